The van der Waals surface area contributed by atoms with E-state index >= 15 is 0 Å². The number of unbranched alkanes of at least 4 members (excludes halogenated alkanes) is 2. The Kier molecular flexibility index (Phi) is 4.98. The van der Waals surface area contributed by atoms with Gasteiger partial charge in [0.15, 0.2) is 0 Å². The third-order valence-electron chi connectivity index (χ3n) is 2.47. The highest BCUT2D eigenvalue weighted by molar-refractivity contribution is 5.49. The van der Waals surface area contributed by atoms with Gasteiger partial charge in [0, 0.05) is 25.3 Å². The zero-order chi connectivity index (χ0) is 11.1. The fourth-order valence-electron chi connectivity index (χ4n) is 1.53. The summed E-state index contributed by atoms with van der Waals surface area (Å²) in [6, 6.07) is 7.33. The summed E-state index contributed by atoms with van der Waals surface area (Å²) in [7, 11) is 2.04. The van der Waals surface area contributed by atoms with Crippen molar-refractivity contribution in [1.82, 2.24) is 0 Å². The highest BCUT2D eigenvalue weighted by Crippen LogP contribution is 2.19. The molecule has 0 bridgehead atoms. The van der Waals surface area contributed by atoms with Crippen molar-refractivity contribution in [3.05, 3.63) is 24.3 Å². The number of anilines is 1. The molecular weight excluding hydrogens is 188 g/mol. The molecule has 0 saturated heterocycles. The zero-order valence-corrected chi connectivity index (χ0v) is 9.32. The molecule has 15 heavy (non-hydrogen) atoms. The minimum atomic E-state index is 0.321. The van der Waals surface area contributed by atoms with Crippen LogP contribution in [0.3, 0.4) is 0 Å². The Morgan fingerprint density at radius 1 is 1.27 bits per heavy atom. The van der Waals surface area contributed by atoms with Crippen LogP contribution in [0, 0.1) is 0 Å². The van der Waals surface area contributed by atoms with Gasteiger partial charge in [-0.1, -0.05) is 12.5 Å². The van der Waals surface area contributed by atoms with E-state index in [1.165, 1.54) is 6.42 Å². The number of benzene rings is 1. The van der Waals surface area contributed by atoms with Gasteiger partial charge in [0.05, 0.1) is 0 Å². The van der Waals surface area contributed by atoms with Crippen LogP contribution in [0.2, 0.25) is 0 Å². The maximum atomic E-state index is 9.33. The van der Waals surface area contributed by atoms with Crippen molar-refractivity contribution in [2.45, 2.75) is 19.3 Å². The van der Waals surface area contributed by atoms with E-state index in [1.807, 2.05) is 19.2 Å². The van der Waals surface area contributed by atoms with Crippen molar-refractivity contribution in [1.29, 1.82) is 0 Å². The molecule has 0 aliphatic rings. The van der Waals surface area contributed by atoms with Gasteiger partial charge in [-0.15, -0.1) is 0 Å². The molecule has 3 nitrogen and oxygen atoms in total. The van der Waals surface area contributed by atoms with E-state index in [0.717, 1.165) is 31.6 Å². The van der Waals surface area contributed by atoms with Crippen LogP contribution in [0.4, 0.5) is 5.69 Å². The summed E-state index contributed by atoms with van der Waals surface area (Å²) in [6.07, 6.45) is 3.40. The topological polar surface area (TPSA) is 49.5 Å². The maximum absolute atomic E-state index is 9.33. The predicted molar refractivity (Wildman–Crippen MR) is 64.3 cm³/mol. The third kappa shape index (κ3) is 4.21. The van der Waals surface area contributed by atoms with Gasteiger partial charge in [0.25, 0.3) is 0 Å². The number of phenolic OH excluding ortho intramolecular Hbond substituents is 1. The van der Waals surface area contributed by atoms with Gasteiger partial charge in [-0.3, -0.25) is 0 Å². The standard InChI is InChI=1S/C12H20N2O/c1-14(9-4-2-3-8-13)11-6-5-7-12(15)10-11/h5-7,10,15H,2-4,8-9,13H2,1H3. The Labute approximate surface area is 91.5 Å². The van der Waals surface area contributed by atoms with Crippen LogP contribution in [0.25, 0.3) is 0 Å². The molecule has 0 aliphatic heterocycles. The largest absolute Gasteiger partial charge is 0.508 e. The van der Waals surface area contributed by atoms with E-state index in [9.17, 15) is 5.11 Å². The van der Waals surface area contributed by atoms with Crippen LogP contribution in [0.5, 0.6) is 5.75 Å². The molecule has 3 N–H and O–H groups in total. The van der Waals surface area contributed by atoms with Crippen LogP contribution in [-0.4, -0.2) is 25.2 Å². The summed E-state index contributed by atoms with van der Waals surface area (Å²) in [5.41, 5.74) is 6.49. The molecule has 1 aromatic carbocycles. The zero-order valence-electron chi connectivity index (χ0n) is 9.32. The second-order valence-corrected chi connectivity index (χ2v) is 3.79. The minimum absolute atomic E-state index is 0.321. The molecule has 0 spiro atoms. The fourth-order valence-corrected chi connectivity index (χ4v) is 1.53. The summed E-state index contributed by atoms with van der Waals surface area (Å²) >= 11 is 0. The van der Waals surface area contributed by atoms with E-state index in [1.54, 1.807) is 12.1 Å². The van der Waals surface area contributed by atoms with E-state index in [4.69, 9.17) is 5.73 Å². The molecule has 0 heterocycles. The lowest BCUT2D eigenvalue weighted by molar-refractivity contribution is 0.475. The smallest absolute Gasteiger partial charge is 0.117 e. The number of aromatic hydroxyl groups is 1. The number of hydrogen-bond acceptors (Lipinski definition) is 3. The van der Waals surface area contributed by atoms with Gasteiger partial charge in [-0.25, -0.2) is 0 Å². The van der Waals surface area contributed by atoms with Crippen LogP contribution in [0.1, 0.15) is 19.3 Å². The van der Waals surface area contributed by atoms with Gasteiger partial charge < -0.3 is 15.7 Å². The molecule has 0 unspecified atom stereocenters. The van der Waals surface area contributed by atoms with Crippen molar-refractivity contribution in [3.8, 4) is 5.75 Å². The van der Waals surface area contributed by atoms with E-state index in [0.29, 0.717) is 5.75 Å². The Morgan fingerprint density at radius 3 is 2.73 bits per heavy atom. The number of hydrogen-bond donors (Lipinski definition) is 2. The molecule has 0 fully saturated rings. The first-order valence-electron chi connectivity index (χ1n) is 5.44. The van der Waals surface area contributed by atoms with Crippen molar-refractivity contribution in [2.75, 3.05) is 25.0 Å². The van der Waals surface area contributed by atoms with Gasteiger partial charge in [0.1, 0.15) is 5.75 Å². The highest BCUT2D eigenvalue weighted by Gasteiger charge is 2.00. The normalized spacial score (nSPS) is 10.3. The molecule has 0 radical (unpaired) electrons. The van der Waals surface area contributed by atoms with Gasteiger partial charge in [-0.2, -0.15) is 0 Å². The molecule has 0 atom stereocenters. The molecule has 84 valence electrons. The first kappa shape index (κ1) is 11.9. The predicted octanol–water partition coefficient (Wildman–Crippen LogP) is 1.96. The Hall–Kier alpha value is -1.22. The first-order chi connectivity index (χ1) is 7.24. The average molecular weight is 208 g/mol. The number of phenols is 1. The summed E-state index contributed by atoms with van der Waals surface area (Å²) in [4.78, 5) is 2.15. The molecule has 0 aliphatic carbocycles. The van der Waals surface area contributed by atoms with Crippen LogP contribution in [-0.2, 0) is 0 Å². The Balaban J connectivity index is 2.36. The van der Waals surface area contributed by atoms with E-state index in [-0.39, 0.29) is 0 Å². The number of nitrogens with zero attached hydrogens (tertiary/aromatic N) is 1. The molecule has 3 heteroatoms. The summed E-state index contributed by atoms with van der Waals surface area (Å²) < 4.78 is 0. The Bertz CT molecular complexity index is 289. The first-order valence-corrected chi connectivity index (χ1v) is 5.44. The molecule has 0 aromatic heterocycles. The second kappa shape index (κ2) is 6.30. The number of rotatable bonds is 6. The second-order valence-electron chi connectivity index (χ2n) is 3.79. The number of nitrogens with two attached hydrogens (primary N) is 1. The lowest BCUT2D eigenvalue weighted by Gasteiger charge is -2.19. The van der Waals surface area contributed by atoms with Crippen LogP contribution in [0.15, 0.2) is 24.3 Å². The molecule has 1 aromatic rings. The van der Waals surface area contributed by atoms with Gasteiger partial charge in [0.2, 0.25) is 0 Å². The monoisotopic (exact) mass is 208 g/mol. The summed E-state index contributed by atoms with van der Waals surface area (Å²) in [5, 5.41) is 9.33. The van der Waals surface area contributed by atoms with Gasteiger partial charge >= 0.3 is 0 Å². The van der Waals surface area contributed by atoms with Crippen LogP contribution >= 0.6 is 0 Å². The van der Waals surface area contributed by atoms with E-state index in [2.05, 4.69) is 4.90 Å². The molecular formula is C12H20N2O. The fraction of sp³-hybridized carbons (Fsp3) is 0.500. The molecule has 0 saturated carbocycles. The maximum Gasteiger partial charge on any atom is 0.117 e. The van der Waals surface area contributed by atoms with Crippen molar-refractivity contribution in [2.24, 2.45) is 5.73 Å². The van der Waals surface area contributed by atoms with E-state index < -0.39 is 0 Å². The minimum Gasteiger partial charge on any atom is -0.508 e. The summed E-state index contributed by atoms with van der Waals surface area (Å²) in [5.74, 6) is 0.321. The average Bonchev–Trinajstić information content (AvgIpc) is 2.24. The SMILES string of the molecule is CN(CCCCCN)c1cccc(O)c1. The van der Waals surface area contributed by atoms with Crippen molar-refractivity contribution in [3.63, 3.8) is 0 Å². The van der Waals surface area contributed by atoms with Crippen molar-refractivity contribution < 1.29 is 5.11 Å². The van der Waals surface area contributed by atoms with Crippen LogP contribution < -0.4 is 10.6 Å². The highest BCUT2D eigenvalue weighted by atomic mass is 16.3. The van der Waals surface area contributed by atoms with Crippen molar-refractivity contribution >= 4 is 5.69 Å². The summed E-state index contributed by atoms with van der Waals surface area (Å²) in [6.45, 7) is 1.78. The Morgan fingerprint density at radius 2 is 2.07 bits per heavy atom. The molecule has 0 amide bonds. The third-order valence-corrected chi connectivity index (χ3v) is 2.47. The van der Waals surface area contributed by atoms with Gasteiger partial charge in [-0.05, 0) is 31.5 Å². The quantitative estimate of drug-likeness (QED) is 0.703. The lowest BCUT2D eigenvalue weighted by Crippen LogP contribution is -2.18. The lowest BCUT2D eigenvalue weighted by atomic mass is 10.2. The molecule has 1 rings (SSSR count).